The number of carboxylic acids is 2. The molecule has 2 N–H and O–H groups in total. The SMILES string of the molecule is CCCCCC1CCC2(CC1)CCC(CC(=O)O)(CC(=O)O)CC2. The third-order valence-corrected chi connectivity index (χ3v) is 6.81. The van der Waals surface area contributed by atoms with Crippen LogP contribution in [-0.4, -0.2) is 22.2 Å². The Bertz CT molecular complexity index is 407. The predicted octanol–water partition coefficient (Wildman–Crippen LogP) is 5.25. The van der Waals surface area contributed by atoms with E-state index in [-0.39, 0.29) is 12.8 Å². The third-order valence-electron chi connectivity index (χ3n) is 6.81. The maximum atomic E-state index is 11.2. The smallest absolute Gasteiger partial charge is 0.303 e. The molecule has 0 aromatic rings. The van der Waals surface area contributed by atoms with Gasteiger partial charge in [0.2, 0.25) is 0 Å². The number of unbranched alkanes of at least 4 members (excludes halogenated alkanes) is 2. The molecule has 0 aromatic heterocycles. The van der Waals surface area contributed by atoms with Crippen molar-refractivity contribution in [2.75, 3.05) is 0 Å². The molecule has 0 radical (unpaired) electrons. The van der Waals surface area contributed by atoms with Crippen LogP contribution >= 0.6 is 0 Å². The van der Waals surface area contributed by atoms with Crippen molar-refractivity contribution in [2.45, 2.75) is 96.8 Å². The van der Waals surface area contributed by atoms with Crippen molar-refractivity contribution in [3.8, 4) is 0 Å². The van der Waals surface area contributed by atoms with E-state index in [1.54, 1.807) is 0 Å². The van der Waals surface area contributed by atoms with Gasteiger partial charge in [0, 0.05) is 0 Å². The lowest BCUT2D eigenvalue weighted by Crippen LogP contribution is -2.39. The first-order valence-corrected chi connectivity index (χ1v) is 9.82. The summed E-state index contributed by atoms with van der Waals surface area (Å²) in [5.41, 5.74) is -0.136. The van der Waals surface area contributed by atoms with Crippen LogP contribution in [0.15, 0.2) is 0 Å². The summed E-state index contributed by atoms with van der Waals surface area (Å²) in [5, 5.41) is 18.4. The summed E-state index contributed by atoms with van der Waals surface area (Å²) in [6.45, 7) is 2.25. The van der Waals surface area contributed by atoms with Gasteiger partial charge in [-0.2, -0.15) is 0 Å². The van der Waals surface area contributed by atoms with Crippen LogP contribution in [0.3, 0.4) is 0 Å². The van der Waals surface area contributed by atoms with Gasteiger partial charge in [-0.3, -0.25) is 9.59 Å². The van der Waals surface area contributed by atoms with Crippen LogP contribution < -0.4 is 0 Å². The molecule has 2 saturated carbocycles. The number of hydrogen-bond donors (Lipinski definition) is 2. The van der Waals surface area contributed by atoms with Crippen LogP contribution in [-0.2, 0) is 9.59 Å². The molecule has 0 aliphatic heterocycles. The van der Waals surface area contributed by atoms with E-state index in [2.05, 4.69) is 6.92 Å². The second-order valence-corrected chi connectivity index (χ2v) is 8.58. The monoisotopic (exact) mass is 338 g/mol. The Morgan fingerprint density at radius 1 is 0.875 bits per heavy atom. The van der Waals surface area contributed by atoms with Gasteiger partial charge in [0.05, 0.1) is 12.8 Å². The normalized spacial score (nSPS) is 23.2. The summed E-state index contributed by atoms with van der Waals surface area (Å²) in [4.78, 5) is 22.4. The molecule has 2 fully saturated rings. The van der Waals surface area contributed by atoms with Crippen LogP contribution in [0.25, 0.3) is 0 Å². The molecule has 0 heterocycles. The summed E-state index contributed by atoms with van der Waals surface area (Å²) >= 11 is 0. The van der Waals surface area contributed by atoms with E-state index < -0.39 is 17.4 Å². The highest BCUT2D eigenvalue weighted by molar-refractivity contribution is 5.72. The number of aliphatic carboxylic acids is 2. The molecule has 0 atom stereocenters. The van der Waals surface area contributed by atoms with Crippen molar-refractivity contribution >= 4 is 11.9 Å². The van der Waals surface area contributed by atoms with Crippen LogP contribution in [0, 0.1) is 16.7 Å². The van der Waals surface area contributed by atoms with Crippen molar-refractivity contribution in [2.24, 2.45) is 16.7 Å². The van der Waals surface area contributed by atoms with Crippen molar-refractivity contribution in [3.05, 3.63) is 0 Å². The van der Waals surface area contributed by atoms with Gasteiger partial charge >= 0.3 is 11.9 Å². The first-order valence-electron chi connectivity index (χ1n) is 9.82. The van der Waals surface area contributed by atoms with Gasteiger partial charge in [0.1, 0.15) is 0 Å². The highest BCUT2D eigenvalue weighted by Crippen LogP contribution is 2.55. The fourth-order valence-electron chi connectivity index (χ4n) is 5.13. The van der Waals surface area contributed by atoms with Crippen molar-refractivity contribution in [3.63, 3.8) is 0 Å². The Labute approximate surface area is 146 Å². The zero-order valence-corrected chi connectivity index (χ0v) is 15.2. The highest BCUT2D eigenvalue weighted by Gasteiger charge is 2.45. The topological polar surface area (TPSA) is 74.6 Å². The Morgan fingerprint density at radius 3 is 1.88 bits per heavy atom. The van der Waals surface area contributed by atoms with E-state index in [4.69, 9.17) is 0 Å². The van der Waals surface area contributed by atoms with Gasteiger partial charge in [0.25, 0.3) is 0 Å². The number of hydrogen-bond acceptors (Lipinski definition) is 2. The molecule has 4 heteroatoms. The second kappa shape index (κ2) is 8.35. The predicted molar refractivity (Wildman–Crippen MR) is 93.9 cm³/mol. The number of carboxylic acid groups (broad SMARTS) is 2. The molecule has 0 saturated heterocycles. The number of carbonyl (C=O) groups is 2. The summed E-state index contributed by atoms with van der Waals surface area (Å²) in [5.74, 6) is -0.828. The minimum Gasteiger partial charge on any atom is -0.481 e. The van der Waals surface area contributed by atoms with Crippen molar-refractivity contribution in [1.82, 2.24) is 0 Å². The summed E-state index contributed by atoms with van der Waals surface area (Å²) in [6, 6.07) is 0. The zero-order chi connectivity index (χ0) is 17.6. The lowest BCUT2D eigenvalue weighted by Gasteiger charge is -2.49. The van der Waals surface area contributed by atoms with Crippen LogP contribution in [0.1, 0.15) is 96.8 Å². The first kappa shape index (κ1) is 19.3. The molecular weight excluding hydrogens is 304 g/mol. The zero-order valence-electron chi connectivity index (χ0n) is 15.2. The average molecular weight is 338 g/mol. The molecule has 2 aliphatic carbocycles. The van der Waals surface area contributed by atoms with Gasteiger partial charge in [-0.25, -0.2) is 0 Å². The van der Waals surface area contributed by atoms with Gasteiger partial charge in [-0.1, -0.05) is 32.6 Å². The van der Waals surface area contributed by atoms with Crippen LogP contribution in [0.4, 0.5) is 0 Å². The second-order valence-electron chi connectivity index (χ2n) is 8.58. The molecule has 138 valence electrons. The highest BCUT2D eigenvalue weighted by atomic mass is 16.4. The van der Waals surface area contributed by atoms with E-state index >= 15 is 0 Å². The fourth-order valence-corrected chi connectivity index (χ4v) is 5.13. The van der Waals surface area contributed by atoms with Gasteiger partial charge < -0.3 is 10.2 Å². The maximum absolute atomic E-state index is 11.2. The van der Waals surface area contributed by atoms with E-state index in [0.717, 1.165) is 31.6 Å². The molecule has 2 aliphatic rings. The Kier molecular flexibility index (Phi) is 6.70. The van der Waals surface area contributed by atoms with Gasteiger partial charge in [-0.15, -0.1) is 0 Å². The number of rotatable bonds is 8. The minimum atomic E-state index is -0.855. The molecule has 4 nitrogen and oxygen atoms in total. The molecule has 0 amide bonds. The van der Waals surface area contributed by atoms with Gasteiger partial charge in [0.15, 0.2) is 0 Å². The van der Waals surface area contributed by atoms with Crippen molar-refractivity contribution < 1.29 is 19.8 Å². The molecule has 0 unspecified atom stereocenters. The summed E-state index contributed by atoms with van der Waals surface area (Å²) in [6.07, 6.45) is 14.1. The van der Waals surface area contributed by atoms with E-state index in [1.807, 2.05) is 0 Å². The molecule has 24 heavy (non-hydrogen) atoms. The molecule has 1 spiro atoms. The van der Waals surface area contributed by atoms with Crippen molar-refractivity contribution in [1.29, 1.82) is 0 Å². The van der Waals surface area contributed by atoms with Gasteiger partial charge in [-0.05, 0) is 68.1 Å². The first-order chi connectivity index (χ1) is 11.4. The molecule has 0 aromatic carbocycles. The third kappa shape index (κ3) is 5.22. The Morgan fingerprint density at radius 2 is 1.42 bits per heavy atom. The standard InChI is InChI=1S/C20H34O4/c1-2-3-4-5-16-6-8-19(9-7-16)10-12-20(13-11-19,14-17(21)22)15-18(23)24/h16H,2-15H2,1H3,(H,21,22)(H,23,24). The minimum absolute atomic E-state index is 0.00895. The summed E-state index contributed by atoms with van der Waals surface area (Å²) < 4.78 is 0. The van der Waals surface area contributed by atoms with E-state index in [0.29, 0.717) is 5.41 Å². The van der Waals surface area contributed by atoms with Crippen LogP contribution in [0.2, 0.25) is 0 Å². The quantitative estimate of drug-likeness (QED) is 0.592. The summed E-state index contributed by atoms with van der Waals surface area (Å²) in [7, 11) is 0. The fraction of sp³-hybridized carbons (Fsp3) is 0.900. The maximum Gasteiger partial charge on any atom is 0.303 e. The van der Waals surface area contributed by atoms with E-state index in [1.165, 1.54) is 51.4 Å². The average Bonchev–Trinajstić information content (AvgIpc) is 2.52. The molecular formula is C20H34O4. The Hall–Kier alpha value is -1.06. The van der Waals surface area contributed by atoms with Crippen LogP contribution in [0.5, 0.6) is 0 Å². The lowest BCUT2D eigenvalue weighted by atomic mass is 9.56. The lowest BCUT2D eigenvalue weighted by molar-refractivity contribution is -0.146. The molecule has 2 rings (SSSR count). The Balaban J connectivity index is 1.86. The molecule has 0 bridgehead atoms. The largest absolute Gasteiger partial charge is 0.481 e. The van der Waals surface area contributed by atoms with E-state index in [9.17, 15) is 19.8 Å².